The first-order valence-corrected chi connectivity index (χ1v) is 12.6. The number of rotatable bonds is 13. The van der Waals surface area contributed by atoms with E-state index in [1.807, 2.05) is 0 Å². The van der Waals surface area contributed by atoms with Crippen LogP contribution in [0.4, 0.5) is 0 Å². The standard InChI is InChI=1S/C29H47N/c1-22(2)26-20-28(23(3)4)27(29(21-26)24(5)6)17-11-13-19-30-18-12-10-16-25-14-8-7-9-15-25/h7-8,15,20-24,30H,9-14,16-19H2,1-6H3. The summed E-state index contributed by atoms with van der Waals surface area (Å²) in [6.07, 6.45) is 17.0. The highest BCUT2D eigenvalue weighted by atomic mass is 14.8. The van der Waals surface area contributed by atoms with Crippen molar-refractivity contribution in [1.82, 2.24) is 5.32 Å². The van der Waals surface area contributed by atoms with Crippen molar-refractivity contribution in [2.24, 2.45) is 0 Å². The van der Waals surface area contributed by atoms with Crippen LogP contribution in [0.2, 0.25) is 0 Å². The van der Waals surface area contributed by atoms with Crippen LogP contribution < -0.4 is 5.32 Å². The van der Waals surface area contributed by atoms with Gasteiger partial charge in [-0.05, 0) is 104 Å². The molecule has 0 saturated heterocycles. The molecule has 0 spiro atoms. The summed E-state index contributed by atoms with van der Waals surface area (Å²) < 4.78 is 0. The van der Waals surface area contributed by atoms with Crippen molar-refractivity contribution in [3.8, 4) is 0 Å². The summed E-state index contributed by atoms with van der Waals surface area (Å²) >= 11 is 0. The molecule has 0 heterocycles. The van der Waals surface area contributed by atoms with Crippen LogP contribution in [0, 0.1) is 0 Å². The van der Waals surface area contributed by atoms with Gasteiger partial charge in [-0.15, -0.1) is 0 Å². The monoisotopic (exact) mass is 409 g/mol. The largest absolute Gasteiger partial charge is 0.317 e. The number of nitrogens with one attached hydrogen (secondary N) is 1. The molecule has 1 aromatic carbocycles. The molecule has 0 unspecified atom stereocenters. The number of allylic oxidation sites excluding steroid dienone is 4. The fourth-order valence-corrected chi connectivity index (χ4v) is 4.53. The van der Waals surface area contributed by atoms with Crippen molar-refractivity contribution in [3.05, 3.63) is 58.2 Å². The lowest BCUT2D eigenvalue weighted by Gasteiger charge is -2.23. The second-order valence-electron chi connectivity index (χ2n) is 10.1. The molecule has 1 aliphatic rings. The van der Waals surface area contributed by atoms with Crippen molar-refractivity contribution in [1.29, 1.82) is 0 Å². The SMILES string of the molecule is CC(C)c1cc(C(C)C)c(CCCCNCCCCC2=CCC=CC2)c(C(C)C)c1. The minimum atomic E-state index is 0.601. The zero-order valence-corrected chi connectivity index (χ0v) is 20.7. The molecule has 0 saturated carbocycles. The van der Waals surface area contributed by atoms with Crippen LogP contribution in [-0.4, -0.2) is 13.1 Å². The first-order valence-electron chi connectivity index (χ1n) is 12.6. The molecule has 168 valence electrons. The van der Waals surface area contributed by atoms with E-state index in [2.05, 4.69) is 77.2 Å². The fraction of sp³-hybridized carbons (Fsp3) is 0.655. The van der Waals surface area contributed by atoms with Crippen molar-refractivity contribution in [3.63, 3.8) is 0 Å². The van der Waals surface area contributed by atoms with Crippen LogP contribution in [0.1, 0.15) is 126 Å². The minimum Gasteiger partial charge on any atom is -0.317 e. The van der Waals surface area contributed by atoms with Gasteiger partial charge >= 0.3 is 0 Å². The molecule has 2 rings (SSSR count). The molecule has 0 aliphatic heterocycles. The topological polar surface area (TPSA) is 12.0 Å². The lowest BCUT2D eigenvalue weighted by atomic mass is 9.82. The third kappa shape index (κ3) is 8.06. The Labute approximate surface area is 187 Å². The molecule has 0 bridgehead atoms. The van der Waals surface area contributed by atoms with E-state index in [0.29, 0.717) is 17.8 Å². The summed E-state index contributed by atoms with van der Waals surface area (Å²) in [5, 5.41) is 3.67. The van der Waals surface area contributed by atoms with E-state index < -0.39 is 0 Å². The highest BCUT2D eigenvalue weighted by Gasteiger charge is 2.16. The van der Waals surface area contributed by atoms with Crippen molar-refractivity contribution in [2.75, 3.05) is 13.1 Å². The van der Waals surface area contributed by atoms with Gasteiger partial charge in [0.05, 0.1) is 0 Å². The van der Waals surface area contributed by atoms with Gasteiger partial charge in [0.2, 0.25) is 0 Å². The van der Waals surface area contributed by atoms with Crippen molar-refractivity contribution in [2.45, 2.75) is 111 Å². The Bertz CT molecular complexity index is 661. The van der Waals surface area contributed by atoms with Gasteiger partial charge in [0.1, 0.15) is 0 Å². The van der Waals surface area contributed by atoms with Gasteiger partial charge in [-0.2, -0.15) is 0 Å². The van der Waals surface area contributed by atoms with E-state index in [1.165, 1.54) is 57.1 Å². The van der Waals surface area contributed by atoms with Gasteiger partial charge in [0.25, 0.3) is 0 Å². The maximum atomic E-state index is 3.67. The highest BCUT2D eigenvalue weighted by molar-refractivity contribution is 5.43. The number of unbranched alkanes of at least 4 members (excludes halogenated alkanes) is 2. The molecular formula is C29H47N. The predicted octanol–water partition coefficient (Wildman–Crippen LogP) is 8.42. The van der Waals surface area contributed by atoms with E-state index in [0.717, 1.165) is 13.0 Å². The molecule has 1 N–H and O–H groups in total. The Morgan fingerprint density at radius 2 is 1.33 bits per heavy atom. The van der Waals surface area contributed by atoms with E-state index in [4.69, 9.17) is 0 Å². The Kier molecular flexibility index (Phi) is 10.9. The molecule has 0 fully saturated rings. The quantitative estimate of drug-likeness (QED) is 0.255. The van der Waals surface area contributed by atoms with Gasteiger partial charge in [-0.3, -0.25) is 0 Å². The van der Waals surface area contributed by atoms with E-state index >= 15 is 0 Å². The maximum absolute atomic E-state index is 3.67. The first-order chi connectivity index (χ1) is 14.4. The molecule has 0 radical (unpaired) electrons. The Hall–Kier alpha value is -1.34. The molecule has 0 amide bonds. The number of hydrogen-bond acceptors (Lipinski definition) is 1. The lowest BCUT2D eigenvalue weighted by Crippen LogP contribution is -2.17. The van der Waals surface area contributed by atoms with Crippen LogP contribution in [0.3, 0.4) is 0 Å². The Morgan fingerprint density at radius 1 is 0.733 bits per heavy atom. The van der Waals surface area contributed by atoms with E-state index in [1.54, 1.807) is 22.3 Å². The minimum absolute atomic E-state index is 0.601. The summed E-state index contributed by atoms with van der Waals surface area (Å²) in [5.41, 5.74) is 7.96. The molecule has 0 aromatic heterocycles. The van der Waals surface area contributed by atoms with E-state index in [-0.39, 0.29) is 0 Å². The summed E-state index contributed by atoms with van der Waals surface area (Å²) in [6, 6.07) is 4.98. The molecule has 1 nitrogen and oxygen atoms in total. The van der Waals surface area contributed by atoms with Crippen LogP contribution in [-0.2, 0) is 6.42 Å². The molecule has 1 aromatic rings. The second kappa shape index (κ2) is 13.2. The third-order valence-corrected chi connectivity index (χ3v) is 6.47. The van der Waals surface area contributed by atoms with Crippen molar-refractivity contribution < 1.29 is 0 Å². The lowest BCUT2D eigenvalue weighted by molar-refractivity contribution is 0.585. The van der Waals surface area contributed by atoms with Crippen molar-refractivity contribution >= 4 is 0 Å². The zero-order chi connectivity index (χ0) is 21.9. The third-order valence-electron chi connectivity index (χ3n) is 6.47. The highest BCUT2D eigenvalue weighted by Crippen LogP contribution is 2.33. The van der Waals surface area contributed by atoms with Crippen LogP contribution in [0.25, 0.3) is 0 Å². The van der Waals surface area contributed by atoms with Crippen LogP contribution in [0.5, 0.6) is 0 Å². The Balaban J connectivity index is 1.75. The summed E-state index contributed by atoms with van der Waals surface area (Å²) in [5.74, 6) is 1.80. The first kappa shape index (κ1) is 24.9. The van der Waals surface area contributed by atoms with Gasteiger partial charge < -0.3 is 5.32 Å². The molecule has 1 aliphatic carbocycles. The molecule has 30 heavy (non-hydrogen) atoms. The average molecular weight is 410 g/mol. The van der Waals surface area contributed by atoms with Crippen LogP contribution >= 0.6 is 0 Å². The number of benzene rings is 1. The Morgan fingerprint density at radius 3 is 1.83 bits per heavy atom. The second-order valence-corrected chi connectivity index (χ2v) is 10.1. The molecule has 1 heteroatoms. The maximum Gasteiger partial charge on any atom is -0.00488 e. The van der Waals surface area contributed by atoms with Gasteiger partial charge in [-0.25, -0.2) is 0 Å². The molecular weight excluding hydrogens is 362 g/mol. The van der Waals surface area contributed by atoms with Gasteiger partial charge in [0.15, 0.2) is 0 Å². The van der Waals surface area contributed by atoms with Gasteiger partial charge in [-0.1, -0.05) is 77.5 Å². The number of hydrogen-bond donors (Lipinski definition) is 1. The zero-order valence-electron chi connectivity index (χ0n) is 20.7. The predicted molar refractivity (Wildman–Crippen MR) is 135 cm³/mol. The normalized spacial score (nSPS) is 14.2. The van der Waals surface area contributed by atoms with Crippen LogP contribution in [0.15, 0.2) is 35.9 Å². The fourth-order valence-electron chi connectivity index (χ4n) is 4.53. The summed E-state index contributed by atoms with van der Waals surface area (Å²) in [4.78, 5) is 0. The van der Waals surface area contributed by atoms with Gasteiger partial charge in [0, 0.05) is 0 Å². The average Bonchev–Trinajstić information content (AvgIpc) is 2.72. The smallest absolute Gasteiger partial charge is 0.00488 e. The summed E-state index contributed by atoms with van der Waals surface area (Å²) in [7, 11) is 0. The molecule has 0 atom stereocenters. The van der Waals surface area contributed by atoms with E-state index in [9.17, 15) is 0 Å². The summed E-state index contributed by atoms with van der Waals surface area (Å²) in [6.45, 7) is 16.4.